The number of fused-ring (bicyclic) bond motifs is 1. The van der Waals surface area contributed by atoms with Crippen molar-refractivity contribution in [2.75, 3.05) is 20.8 Å². The molecular formula is C23H25ClN2O2. The summed E-state index contributed by atoms with van der Waals surface area (Å²) < 4.78 is 13.4. The van der Waals surface area contributed by atoms with Crippen LogP contribution in [0.5, 0.6) is 11.5 Å². The second-order valence-electron chi connectivity index (χ2n) is 7.06. The van der Waals surface area contributed by atoms with E-state index in [1.54, 1.807) is 14.2 Å². The Morgan fingerprint density at radius 1 is 0.964 bits per heavy atom. The molecule has 3 aromatic rings. The van der Waals surface area contributed by atoms with Gasteiger partial charge in [-0.05, 0) is 47.9 Å². The van der Waals surface area contributed by atoms with Gasteiger partial charge in [0.25, 0.3) is 0 Å². The summed E-state index contributed by atoms with van der Waals surface area (Å²) in [5.41, 5.74) is 3.62. The smallest absolute Gasteiger partial charge is 0.161 e. The van der Waals surface area contributed by atoms with Crippen molar-refractivity contribution in [3.8, 4) is 11.5 Å². The average Bonchev–Trinajstić information content (AvgIpc) is 3.10. The summed E-state index contributed by atoms with van der Waals surface area (Å²) in [6.45, 7) is 2.81. The van der Waals surface area contributed by atoms with Gasteiger partial charge in [0.1, 0.15) is 0 Å². The maximum atomic E-state index is 6.48. The van der Waals surface area contributed by atoms with Crippen LogP contribution in [0.3, 0.4) is 0 Å². The normalized spacial score (nSPS) is 17.0. The first kappa shape index (κ1) is 18.9. The molecule has 28 heavy (non-hydrogen) atoms. The number of ether oxygens (including phenoxy) is 2. The van der Waals surface area contributed by atoms with Gasteiger partial charge < -0.3 is 14.0 Å². The Morgan fingerprint density at radius 3 is 2.57 bits per heavy atom. The minimum atomic E-state index is 0.119. The number of aromatic nitrogens is 1. The molecule has 0 bridgehead atoms. The highest BCUT2D eigenvalue weighted by Gasteiger charge is 2.28. The first-order valence-corrected chi connectivity index (χ1v) is 9.93. The van der Waals surface area contributed by atoms with E-state index in [1.165, 1.54) is 11.3 Å². The Kier molecular flexibility index (Phi) is 5.60. The molecular weight excluding hydrogens is 372 g/mol. The minimum Gasteiger partial charge on any atom is -0.493 e. The first-order valence-electron chi connectivity index (χ1n) is 9.55. The summed E-state index contributed by atoms with van der Waals surface area (Å²) in [6, 6.07) is 18.8. The van der Waals surface area contributed by atoms with E-state index < -0.39 is 0 Å². The predicted molar refractivity (Wildman–Crippen MR) is 112 cm³/mol. The van der Waals surface area contributed by atoms with Gasteiger partial charge in [-0.3, -0.25) is 4.90 Å². The van der Waals surface area contributed by atoms with Crippen LogP contribution in [-0.2, 0) is 13.1 Å². The molecule has 0 radical (unpaired) electrons. The SMILES string of the molecule is COc1ccc([C@@H]2c3cccn3CCCN2Cc2ccccc2Cl)cc1OC. The third-order valence-electron chi connectivity index (χ3n) is 5.41. The van der Waals surface area contributed by atoms with Crippen molar-refractivity contribution in [2.24, 2.45) is 0 Å². The van der Waals surface area contributed by atoms with Crippen molar-refractivity contribution in [1.82, 2.24) is 9.47 Å². The van der Waals surface area contributed by atoms with Gasteiger partial charge in [-0.25, -0.2) is 0 Å². The maximum absolute atomic E-state index is 6.48. The second-order valence-corrected chi connectivity index (χ2v) is 7.47. The van der Waals surface area contributed by atoms with E-state index in [4.69, 9.17) is 21.1 Å². The van der Waals surface area contributed by atoms with Crippen LogP contribution in [0.15, 0.2) is 60.8 Å². The lowest BCUT2D eigenvalue weighted by molar-refractivity contribution is 0.220. The molecule has 0 spiro atoms. The van der Waals surface area contributed by atoms with E-state index in [0.717, 1.165) is 48.1 Å². The molecule has 1 aliphatic rings. The summed E-state index contributed by atoms with van der Waals surface area (Å²) in [4.78, 5) is 2.50. The molecule has 1 aromatic heterocycles. The van der Waals surface area contributed by atoms with Crippen LogP contribution >= 0.6 is 11.6 Å². The molecule has 2 heterocycles. The Hall–Kier alpha value is -2.43. The lowest BCUT2D eigenvalue weighted by atomic mass is 10.0. The van der Waals surface area contributed by atoms with E-state index in [-0.39, 0.29) is 6.04 Å². The third-order valence-corrected chi connectivity index (χ3v) is 5.78. The number of hydrogen-bond acceptors (Lipinski definition) is 3. The molecule has 4 nitrogen and oxygen atoms in total. The number of halogens is 1. The predicted octanol–water partition coefficient (Wildman–Crippen LogP) is 5.15. The Bertz CT molecular complexity index is 953. The summed E-state index contributed by atoms with van der Waals surface area (Å²) in [7, 11) is 3.34. The highest BCUT2D eigenvalue weighted by Crippen LogP contribution is 2.37. The molecule has 0 saturated carbocycles. The summed E-state index contributed by atoms with van der Waals surface area (Å²) in [6.07, 6.45) is 3.26. The quantitative estimate of drug-likeness (QED) is 0.596. The van der Waals surface area contributed by atoms with Crippen LogP contribution in [0, 0.1) is 0 Å². The Labute approximate surface area is 171 Å². The summed E-state index contributed by atoms with van der Waals surface area (Å²) in [5.74, 6) is 1.49. The van der Waals surface area contributed by atoms with Crippen LogP contribution < -0.4 is 9.47 Å². The molecule has 146 valence electrons. The van der Waals surface area contributed by atoms with E-state index in [0.29, 0.717) is 0 Å². The number of nitrogens with zero attached hydrogens (tertiary/aromatic N) is 2. The fourth-order valence-electron chi connectivity index (χ4n) is 4.06. The fraction of sp³-hybridized carbons (Fsp3) is 0.304. The van der Waals surface area contributed by atoms with E-state index >= 15 is 0 Å². The molecule has 1 atom stereocenters. The molecule has 4 rings (SSSR count). The molecule has 0 aliphatic carbocycles. The molecule has 0 fully saturated rings. The lowest BCUT2D eigenvalue weighted by Gasteiger charge is -2.31. The van der Waals surface area contributed by atoms with E-state index in [2.05, 4.69) is 46.0 Å². The van der Waals surface area contributed by atoms with Gasteiger partial charge in [0.05, 0.1) is 20.3 Å². The highest BCUT2D eigenvalue weighted by atomic mass is 35.5. The van der Waals surface area contributed by atoms with Gasteiger partial charge in [-0.2, -0.15) is 0 Å². The van der Waals surface area contributed by atoms with Crippen molar-refractivity contribution in [3.63, 3.8) is 0 Å². The van der Waals surface area contributed by atoms with Crippen molar-refractivity contribution >= 4 is 11.6 Å². The van der Waals surface area contributed by atoms with Crippen molar-refractivity contribution in [1.29, 1.82) is 0 Å². The molecule has 0 amide bonds. The van der Waals surface area contributed by atoms with Crippen molar-refractivity contribution in [2.45, 2.75) is 25.6 Å². The van der Waals surface area contributed by atoms with Gasteiger partial charge in [-0.15, -0.1) is 0 Å². The minimum absolute atomic E-state index is 0.119. The van der Waals surface area contributed by atoms with Gasteiger partial charge in [-0.1, -0.05) is 35.9 Å². The van der Waals surface area contributed by atoms with Gasteiger partial charge in [0, 0.05) is 36.5 Å². The Balaban J connectivity index is 1.78. The van der Waals surface area contributed by atoms with Gasteiger partial charge in [0.2, 0.25) is 0 Å². The van der Waals surface area contributed by atoms with Gasteiger partial charge in [0.15, 0.2) is 11.5 Å². The number of methoxy groups -OCH3 is 2. The van der Waals surface area contributed by atoms with Crippen molar-refractivity contribution < 1.29 is 9.47 Å². The summed E-state index contributed by atoms with van der Waals surface area (Å²) >= 11 is 6.48. The number of benzene rings is 2. The monoisotopic (exact) mass is 396 g/mol. The summed E-state index contributed by atoms with van der Waals surface area (Å²) in [5, 5.41) is 0.813. The zero-order chi connectivity index (χ0) is 19.5. The maximum Gasteiger partial charge on any atom is 0.161 e. The number of hydrogen-bond donors (Lipinski definition) is 0. The van der Waals surface area contributed by atoms with Crippen LogP contribution in [0.4, 0.5) is 0 Å². The van der Waals surface area contributed by atoms with Crippen LogP contribution in [0.25, 0.3) is 0 Å². The van der Waals surface area contributed by atoms with Crippen LogP contribution in [0.2, 0.25) is 5.02 Å². The molecule has 2 aromatic carbocycles. The van der Waals surface area contributed by atoms with E-state index in [9.17, 15) is 0 Å². The van der Waals surface area contributed by atoms with Crippen LogP contribution in [-0.4, -0.2) is 30.2 Å². The fourth-order valence-corrected chi connectivity index (χ4v) is 4.26. The molecule has 0 N–H and O–H groups in total. The zero-order valence-corrected chi connectivity index (χ0v) is 17.0. The zero-order valence-electron chi connectivity index (χ0n) is 16.3. The van der Waals surface area contributed by atoms with Gasteiger partial charge >= 0.3 is 0 Å². The van der Waals surface area contributed by atoms with E-state index in [1.807, 2.05) is 24.3 Å². The van der Waals surface area contributed by atoms with Crippen LogP contribution in [0.1, 0.15) is 29.3 Å². The highest BCUT2D eigenvalue weighted by molar-refractivity contribution is 6.31. The number of rotatable bonds is 5. The largest absolute Gasteiger partial charge is 0.493 e. The number of aryl methyl sites for hydroxylation is 1. The molecule has 0 saturated heterocycles. The standard InChI is InChI=1S/C23H25ClN2O2/c1-27-21-11-10-17(15-22(21)28-2)23-20-9-5-12-25(20)13-6-14-26(23)16-18-7-3-4-8-19(18)24/h3-5,7-12,15,23H,6,13-14,16H2,1-2H3/t23-/m1/s1. The topological polar surface area (TPSA) is 26.6 Å². The third kappa shape index (κ3) is 3.62. The first-order chi connectivity index (χ1) is 13.7. The average molecular weight is 397 g/mol. The molecule has 5 heteroatoms. The second kappa shape index (κ2) is 8.29. The molecule has 1 aliphatic heterocycles. The van der Waals surface area contributed by atoms with Crippen molar-refractivity contribution in [3.05, 3.63) is 82.6 Å². The lowest BCUT2D eigenvalue weighted by Crippen LogP contribution is -2.29. The Morgan fingerprint density at radius 2 is 1.79 bits per heavy atom. The molecule has 0 unspecified atom stereocenters.